The van der Waals surface area contributed by atoms with Crippen LogP contribution in [0, 0.1) is 11.3 Å². The Balaban J connectivity index is 2.32. The normalized spacial score (nSPS) is 12.2. The maximum absolute atomic E-state index is 13.0. The van der Waals surface area contributed by atoms with Crippen LogP contribution in [-0.2, 0) is 11.0 Å². The number of halogens is 3. The van der Waals surface area contributed by atoms with Crippen LogP contribution in [0.25, 0.3) is 0 Å². The Kier molecular flexibility index (Phi) is 7.60. The molecular formula is C19H22F3N7O2. The molecule has 0 aliphatic carbocycles. The van der Waals surface area contributed by atoms with Crippen LogP contribution in [0.1, 0.15) is 18.1 Å². The van der Waals surface area contributed by atoms with Gasteiger partial charge in [0.1, 0.15) is 12.1 Å². The third-order valence-corrected chi connectivity index (χ3v) is 3.92. The number of likely N-dealkylation sites (N-methyl/N-ethyl adjacent to an activating group) is 1. The predicted molar refractivity (Wildman–Crippen MR) is 108 cm³/mol. The van der Waals surface area contributed by atoms with Crippen LogP contribution < -0.4 is 21.1 Å². The maximum Gasteiger partial charge on any atom is 0.416 e. The fourth-order valence-electron chi connectivity index (χ4n) is 2.64. The van der Waals surface area contributed by atoms with Crippen molar-refractivity contribution in [2.45, 2.75) is 19.1 Å². The number of hydrogen-bond acceptors (Lipinski definition) is 8. The Bertz CT molecular complexity index is 974. The minimum absolute atomic E-state index is 0.0807. The number of hydrogen-bond donors (Lipinski definition) is 3. The summed E-state index contributed by atoms with van der Waals surface area (Å²) in [6.45, 7) is 2.03. The first-order chi connectivity index (χ1) is 14.5. The lowest BCUT2D eigenvalue weighted by molar-refractivity contribution is -0.137. The van der Waals surface area contributed by atoms with E-state index >= 15 is 0 Å². The van der Waals surface area contributed by atoms with Gasteiger partial charge in [-0.25, -0.2) is 0 Å². The second kappa shape index (κ2) is 9.94. The largest absolute Gasteiger partial charge is 0.477 e. The molecule has 12 heteroatoms. The average molecular weight is 437 g/mol. The van der Waals surface area contributed by atoms with Crippen molar-refractivity contribution in [1.82, 2.24) is 14.9 Å². The third-order valence-electron chi connectivity index (χ3n) is 3.92. The number of nitrogens with one attached hydrogen (secondary N) is 2. The molecule has 0 fully saturated rings. The zero-order valence-corrected chi connectivity index (χ0v) is 17.1. The van der Waals surface area contributed by atoms with Gasteiger partial charge >= 0.3 is 6.18 Å². The second-order valence-electron chi connectivity index (χ2n) is 6.68. The molecule has 1 heterocycles. The number of nitrogen functional groups attached to an aromatic ring is 1. The van der Waals surface area contributed by atoms with Crippen molar-refractivity contribution in [3.05, 3.63) is 35.4 Å². The standard InChI is InChI=1S/C19H22F3N7O2/c1-4-31-17-13(9-23)15(27-18(24)28-17)26-16(30)14(10-29(2)3)25-12-7-5-6-11(8-12)19(20,21)22/h5-8,14,25H,4,10H2,1-3H3,(H3,24,26,27,28,30)/t14-/m0/s1. The number of amides is 1. The van der Waals surface area contributed by atoms with Gasteiger partial charge in [0.25, 0.3) is 0 Å². The first-order valence-electron chi connectivity index (χ1n) is 9.15. The van der Waals surface area contributed by atoms with Gasteiger partial charge in [-0.05, 0) is 39.2 Å². The summed E-state index contributed by atoms with van der Waals surface area (Å²) in [5.74, 6) is -1.09. The van der Waals surface area contributed by atoms with E-state index < -0.39 is 23.7 Å². The fourth-order valence-corrected chi connectivity index (χ4v) is 2.64. The number of nitrogens with zero attached hydrogens (tertiary/aromatic N) is 4. The molecule has 1 aromatic carbocycles. The summed E-state index contributed by atoms with van der Waals surface area (Å²) in [4.78, 5) is 22.3. The van der Waals surface area contributed by atoms with Gasteiger partial charge in [0.05, 0.1) is 12.2 Å². The summed E-state index contributed by atoms with van der Waals surface area (Å²) in [7, 11) is 3.40. The summed E-state index contributed by atoms with van der Waals surface area (Å²) in [5.41, 5.74) is 4.77. The zero-order chi connectivity index (χ0) is 23.2. The quantitative estimate of drug-likeness (QED) is 0.574. The van der Waals surface area contributed by atoms with Gasteiger partial charge in [-0.15, -0.1) is 0 Å². The molecule has 2 aromatic rings. The minimum atomic E-state index is -4.52. The number of nitriles is 1. The molecule has 31 heavy (non-hydrogen) atoms. The van der Waals surface area contributed by atoms with Crippen molar-refractivity contribution in [3.63, 3.8) is 0 Å². The monoisotopic (exact) mass is 437 g/mol. The molecule has 9 nitrogen and oxygen atoms in total. The lowest BCUT2D eigenvalue weighted by Gasteiger charge is -2.23. The second-order valence-corrected chi connectivity index (χ2v) is 6.68. The van der Waals surface area contributed by atoms with Crippen molar-refractivity contribution in [2.24, 2.45) is 0 Å². The van der Waals surface area contributed by atoms with Gasteiger partial charge in [0, 0.05) is 12.2 Å². The number of carbonyl (C=O) groups excluding carboxylic acids is 1. The van der Waals surface area contributed by atoms with Crippen LogP contribution in [0.5, 0.6) is 5.88 Å². The van der Waals surface area contributed by atoms with Crippen molar-refractivity contribution in [3.8, 4) is 11.9 Å². The Morgan fingerprint density at radius 2 is 2.06 bits per heavy atom. The number of ether oxygens (including phenoxy) is 1. The molecule has 0 saturated heterocycles. The Morgan fingerprint density at radius 1 is 1.35 bits per heavy atom. The molecule has 0 spiro atoms. The maximum atomic E-state index is 13.0. The van der Waals surface area contributed by atoms with Crippen LogP contribution in [-0.4, -0.2) is 54.1 Å². The van der Waals surface area contributed by atoms with Crippen LogP contribution in [0.4, 0.5) is 30.6 Å². The highest BCUT2D eigenvalue weighted by Crippen LogP contribution is 2.31. The van der Waals surface area contributed by atoms with Crippen molar-refractivity contribution >= 4 is 23.4 Å². The van der Waals surface area contributed by atoms with Gasteiger partial charge in [0.2, 0.25) is 17.7 Å². The fraction of sp³-hybridized carbons (Fsp3) is 0.368. The van der Waals surface area contributed by atoms with E-state index in [4.69, 9.17) is 10.5 Å². The van der Waals surface area contributed by atoms with Crippen LogP contribution in [0.3, 0.4) is 0 Å². The molecule has 0 aliphatic heterocycles. The number of carbonyl (C=O) groups is 1. The topological polar surface area (TPSA) is 129 Å². The molecule has 0 radical (unpaired) electrons. The third kappa shape index (κ3) is 6.45. The van der Waals surface area contributed by atoms with E-state index in [1.165, 1.54) is 12.1 Å². The summed E-state index contributed by atoms with van der Waals surface area (Å²) in [6, 6.07) is 5.39. The number of anilines is 3. The predicted octanol–water partition coefficient (Wildman–Crippen LogP) is 2.33. The number of aromatic nitrogens is 2. The molecule has 1 aromatic heterocycles. The molecule has 2 rings (SSSR count). The van der Waals surface area contributed by atoms with Gasteiger partial charge in [0.15, 0.2) is 11.4 Å². The lowest BCUT2D eigenvalue weighted by Crippen LogP contribution is -2.42. The van der Waals surface area contributed by atoms with E-state index in [-0.39, 0.29) is 42.0 Å². The summed E-state index contributed by atoms with van der Waals surface area (Å²) in [6.07, 6.45) is -4.52. The van der Waals surface area contributed by atoms with E-state index in [1.807, 2.05) is 6.07 Å². The highest BCUT2D eigenvalue weighted by atomic mass is 19.4. The summed E-state index contributed by atoms with van der Waals surface area (Å²) in [5, 5.41) is 14.7. The molecule has 166 valence electrons. The molecule has 4 N–H and O–H groups in total. The Hall–Kier alpha value is -3.59. The van der Waals surface area contributed by atoms with E-state index in [0.29, 0.717) is 0 Å². The summed E-state index contributed by atoms with van der Waals surface area (Å²) < 4.78 is 44.3. The SMILES string of the molecule is CCOc1nc(N)nc(NC(=O)[C@H](CN(C)C)Nc2cccc(C(F)(F)F)c2)c1C#N. The number of alkyl halides is 3. The van der Waals surface area contributed by atoms with E-state index in [9.17, 15) is 23.2 Å². The van der Waals surface area contributed by atoms with E-state index in [2.05, 4.69) is 20.6 Å². The lowest BCUT2D eigenvalue weighted by atomic mass is 10.1. The minimum Gasteiger partial charge on any atom is -0.477 e. The zero-order valence-electron chi connectivity index (χ0n) is 17.1. The number of nitrogens with two attached hydrogens (primary N) is 1. The van der Waals surface area contributed by atoms with Crippen molar-refractivity contribution in [2.75, 3.05) is 43.6 Å². The van der Waals surface area contributed by atoms with Crippen molar-refractivity contribution in [1.29, 1.82) is 5.26 Å². The first-order valence-corrected chi connectivity index (χ1v) is 9.15. The molecule has 0 aliphatic rings. The number of rotatable bonds is 8. The molecule has 0 unspecified atom stereocenters. The molecule has 0 saturated carbocycles. The molecule has 0 bridgehead atoms. The van der Waals surface area contributed by atoms with Crippen LogP contribution in [0.15, 0.2) is 24.3 Å². The average Bonchev–Trinajstić information content (AvgIpc) is 2.67. The summed E-state index contributed by atoms with van der Waals surface area (Å²) >= 11 is 0. The van der Waals surface area contributed by atoms with Crippen LogP contribution in [0.2, 0.25) is 0 Å². The smallest absolute Gasteiger partial charge is 0.416 e. The number of benzene rings is 1. The van der Waals surface area contributed by atoms with Gasteiger partial charge in [-0.2, -0.15) is 28.4 Å². The van der Waals surface area contributed by atoms with Gasteiger partial charge < -0.3 is 26.0 Å². The Morgan fingerprint density at radius 3 is 2.65 bits per heavy atom. The highest BCUT2D eigenvalue weighted by molar-refractivity contribution is 5.97. The van der Waals surface area contributed by atoms with Gasteiger partial charge in [-0.1, -0.05) is 6.07 Å². The Labute approximate surface area is 177 Å². The van der Waals surface area contributed by atoms with E-state index in [1.54, 1.807) is 25.9 Å². The van der Waals surface area contributed by atoms with Gasteiger partial charge in [-0.3, -0.25) is 4.79 Å². The molecular weight excluding hydrogens is 415 g/mol. The van der Waals surface area contributed by atoms with E-state index in [0.717, 1.165) is 12.1 Å². The highest BCUT2D eigenvalue weighted by Gasteiger charge is 2.31. The first kappa shape index (κ1) is 23.7. The van der Waals surface area contributed by atoms with Crippen molar-refractivity contribution < 1.29 is 22.7 Å². The van der Waals surface area contributed by atoms with Crippen LogP contribution >= 0.6 is 0 Å². The molecule has 1 amide bonds. The molecule has 1 atom stereocenters.